The minimum absolute atomic E-state index is 0.0756. The Labute approximate surface area is 215 Å². The first-order chi connectivity index (χ1) is 16.9. The normalized spacial score (nSPS) is 63.3. The molecule has 4 saturated heterocycles. The van der Waals surface area contributed by atoms with E-state index in [1.165, 1.54) is 12.8 Å². The largest absolute Gasteiger partial charge is 0.463 e. The average Bonchev–Trinajstić information content (AvgIpc) is 3.46. The Kier molecular flexibility index (Phi) is 4.33. The lowest BCUT2D eigenvalue weighted by Crippen LogP contribution is -2.59. The summed E-state index contributed by atoms with van der Waals surface area (Å²) in [6, 6.07) is 0. The first-order valence-corrected chi connectivity index (χ1v) is 14.8. The Balaban J connectivity index is 1.13. The predicted octanol–water partition coefficient (Wildman–Crippen LogP) is 5.22. The summed E-state index contributed by atoms with van der Waals surface area (Å²) < 4.78 is 33.7. The monoisotopic (exact) mass is 500 g/mol. The van der Waals surface area contributed by atoms with Crippen LogP contribution in [0.15, 0.2) is 0 Å². The van der Waals surface area contributed by atoms with Crippen molar-refractivity contribution in [2.24, 2.45) is 46.3 Å². The van der Waals surface area contributed by atoms with Crippen LogP contribution in [0, 0.1) is 46.3 Å². The van der Waals surface area contributed by atoms with Gasteiger partial charge < -0.3 is 23.7 Å². The fourth-order valence-electron chi connectivity index (χ4n) is 11.9. The maximum Gasteiger partial charge on any atom is 0.302 e. The minimum Gasteiger partial charge on any atom is -0.463 e. The van der Waals surface area contributed by atoms with E-state index in [1.54, 1.807) is 6.92 Å². The fourth-order valence-corrected chi connectivity index (χ4v) is 11.9. The Bertz CT molecular complexity index is 1010. The zero-order chi connectivity index (χ0) is 25.0. The molecule has 6 nitrogen and oxygen atoms in total. The number of hydrogen-bond acceptors (Lipinski definition) is 6. The van der Waals surface area contributed by atoms with E-state index in [1.807, 2.05) is 0 Å². The van der Waals surface area contributed by atoms with Crippen LogP contribution in [0.3, 0.4) is 0 Å². The Morgan fingerprint density at radius 1 is 0.972 bits per heavy atom. The molecular formula is C30H44O6. The van der Waals surface area contributed by atoms with Gasteiger partial charge in [-0.2, -0.15) is 0 Å². The summed E-state index contributed by atoms with van der Waals surface area (Å²) in [5, 5.41) is 0. The van der Waals surface area contributed by atoms with Gasteiger partial charge in [0.1, 0.15) is 11.7 Å². The van der Waals surface area contributed by atoms with Crippen molar-refractivity contribution in [3.05, 3.63) is 0 Å². The van der Waals surface area contributed by atoms with Crippen LogP contribution in [0.1, 0.15) is 92.9 Å². The zero-order valence-electron chi connectivity index (χ0n) is 22.9. The molecule has 0 aromatic rings. The number of carbonyl (C=O) groups is 1. The smallest absolute Gasteiger partial charge is 0.302 e. The van der Waals surface area contributed by atoms with Gasteiger partial charge in [-0.25, -0.2) is 0 Å². The molecule has 2 spiro atoms. The lowest BCUT2D eigenvalue weighted by atomic mass is 9.44. The highest BCUT2D eigenvalue weighted by Gasteiger charge is 2.86. The second-order valence-electron chi connectivity index (χ2n) is 15.1. The van der Waals surface area contributed by atoms with E-state index in [-0.39, 0.29) is 47.0 Å². The summed E-state index contributed by atoms with van der Waals surface area (Å²) in [6.07, 6.45) is 9.23. The Morgan fingerprint density at radius 3 is 2.50 bits per heavy atom. The SMILES string of the molecule is CC(=O)O[C@@H]1CC[C@@]2(C)[C@H](CC[C@@H]3[C@@H]2[C@@H]2C[C@]45[C@H](O2)O[C@]2(C)[C@H]4[C@H](C[C@@H]35)O[C@]23C[C@H](C)C(C)(C)O3)C1. The van der Waals surface area contributed by atoms with Crippen LogP contribution in [0.4, 0.5) is 0 Å². The van der Waals surface area contributed by atoms with Crippen molar-refractivity contribution in [3.8, 4) is 0 Å². The highest BCUT2D eigenvalue weighted by atomic mass is 16.8. The third kappa shape index (κ3) is 2.44. The van der Waals surface area contributed by atoms with E-state index in [4.69, 9.17) is 23.7 Å². The summed E-state index contributed by atoms with van der Waals surface area (Å²) in [5.41, 5.74) is -0.327. The van der Waals surface area contributed by atoms with E-state index >= 15 is 0 Å². The quantitative estimate of drug-likeness (QED) is 0.460. The van der Waals surface area contributed by atoms with Crippen LogP contribution in [0.25, 0.3) is 0 Å². The van der Waals surface area contributed by atoms with Gasteiger partial charge in [0.2, 0.25) is 0 Å². The number of rotatable bonds is 1. The van der Waals surface area contributed by atoms with Crippen molar-refractivity contribution in [2.75, 3.05) is 0 Å². The maximum atomic E-state index is 11.6. The maximum absolute atomic E-state index is 11.6. The Hall–Kier alpha value is -0.690. The second-order valence-corrected chi connectivity index (χ2v) is 15.1. The fraction of sp³-hybridized carbons (Fsp3) is 0.967. The van der Waals surface area contributed by atoms with Crippen LogP contribution < -0.4 is 0 Å². The van der Waals surface area contributed by atoms with Gasteiger partial charge in [0.15, 0.2) is 12.1 Å². The van der Waals surface area contributed by atoms with E-state index < -0.39 is 11.4 Å². The van der Waals surface area contributed by atoms with Crippen molar-refractivity contribution in [1.29, 1.82) is 0 Å². The summed E-state index contributed by atoms with van der Waals surface area (Å²) in [7, 11) is 0. The molecule has 0 amide bonds. The predicted molar refractivity (Wildman–Crippen MR) is 131 cm³/mol. The van der Waals surface area contributed by atoms with Crippen molar-refractivity contribution < 1.29 is 28.5 Å². The molecule has 0 unspecified atom stereocenters. The van der Waals surface area contributed by atoms with Crippen LogP contribution in [0.5, 0.6) is 0 Å². The molecular weight excluding hydrogens is 456 g/mol. The summed E-state index contributed by atoms with van der Waals surface area (Å²) in [5.74, 6) is 2.46. The van der Waals surface area contributed by atoms with Crippen molar-refractivity contribution >= 4 is 5.97 Å². The molecule has 0 N–H and O–H groups in total. The Morgan fingerprint density at radius 2 is 1.78 bits per heavy atom. The third-order valence-electron chi connectivity index (χ3n) is 13.5. The number of esters is 1. The van der Waals surface area contributed by atoms with Gasteiger partial charge in [-0.3, -0.25) is 4.79 Å². The molecule has 4 saturated carbocycles. The first-order valence-electron chi connectivity index (χ1n) is 14.8. The minimum atomic E-state index is -0.649. The van der Waals surface area contributed by atoms with E-state index in [0.717, 1.165) is 38.5 Å². The molecule has 36 heavy (non-hydrogen) atoms. The summed E-state index contributed by atoms with van der Waals surface area (Å²) in [6.45, 7) is 13.1. The topological polar surface area (TPSA) is 63.2 Å². The molecule has 14 atom stereocenters. The van der Waals surface area contributed by atoms with Crippen LogP contribution >= 0.6 is 0 Å². The molecule has 0 aromatic carbocycles. The van der Waals surface area contributed by atoms with Crippen LogP contribution in [-0.4, -0.2) is 47.6 Å². The first kappa shape index (κ1) is 23.2. The standard InChI is InChI=1S/C30H44O6/c1-15-13-30(36-26(15,3)4)28(6)24-21(34-30)12-20-19-8-7-17-11-18(32-16(2)31)9-10-27(17,5)23(19)22-14-29(20,24)25(33-22)35-28/h15,17-25H,7-14H2,1-6H3/t15-,17+,18+,19-,20-,21-,22-,23+,24+,25+,27-,28+,29+,30-/m0/s1. The van der Waals surface area contributed by atoms with Gasteiger partial charge in [0.05, 0.1) is 17.8 Å². The van der Waals surface area contributed by atoms with E-state index in [0.29, 0.717) is 35.5 Å². The molecule has 8 fully saturated rings. The van der Waals surface area contributed by atoms with Crippen molar-refractivity contribution in [1.82, 2.24) is 0 Å². The van der Waals surface area contributed by atoms with Crippen LogP contribution in [-0.2, 0) is 28.5 Å². The molecule has 200 valence electrons. The van der Waals surface area contributed by atoms with Gasteiger partial charge >= 0.3 is 5.97 Å². The number of fused-ring (bicyclic) bond motifs is 7. The summed E-state index contributed by atoms with van der Waals surface area (Å²) in [4.78, 5) is 11.6. The second kappa shape index (κ2) is 6.71. The van der Waals surface area contributed by atoms with Gasteiger partial charge in [-0.05, 0) is 101 Å². The number of hydrogen-bond donors (Lipinski definition) is 0. The molecule has 2 bridgehead atoms. The van der Waals surface area contributed by atoms with Crippen molar-refractivity contribution in [2.45, 2.75) is 135 Å². The van der Waals surface area contributed by atoms with Gasteiger partial charge in [-0.1, -0.05) is 13.8 Å². The highest BCUT2D eigenvalue weighted by molar-refractivity contribution is 5.66. The molecule has 8 rings (SSSR count). The lowest BCUT2D eigenvalue weighted by Gasteiger charge is -2.60. The van der Waals surface area contributed by atoms with Gasteiger partial charge in [0, 0.05) is 24.7 Å². The molecule has 8 aliphatic rings. The molecule has 4 heterocycles. The molecule has 4 aliphatic carbocycles. The van der Waals surface area contributed by atoms with Crippen LogP contribution in [0.2, 0.25) is 0 Å². The van der Waals surface area contributed by atoms with Crippen molar-refractivity contribution in [3.63, 3.8) is 0 Å². The van der Waals surface area contributed by atoms with E-state index in [2.05, 4.69) is 34.6 Å². The average molecular weight is 501 g/mol. The molecule has 6 heteroatoms. The molecule has 0 radical (unpaired) electrons. The third-order valence-corrected chi connectivity index (χ3v) is 13.5. The van der Waals surface area contributed by atoms with Gasteiger partial charge in [0.25, 0.3) is 0 Å². The molecule has 4 aliphatic heterocycles. The zero-order valence-corrected chi connectivity index (χ0v) is 22.9. The number of carbonyl (C=O) groups excluding carboxylic acids is 1. The summed E-state index contributed by atoms with van der Waals surface area (Å²) >= 11 is 0. The lowest BCUT2D eigenvalue weighted by molar-refractivity contribution is -0.319. The van der Waals surface area contributed by atoms with Gasteiger partial charge in [-0.15, -0.1) is 0 Å². The number of ether oxygens (including phenoxy) is 5. The molecule has 0 aromatic heterocycles. The van der Waals surface area contributed by atoms with E-state index in [9.17, 15) is 4.79 Å². The highest BCUT2D eigenvalue weighted by Crippen LogP contribution is 2.80.